The average molecular weight is 219 g/mol. The van der Waals surface area contributed by atoms with Crippen LogP contribution in [0.15, 0.2) is 12.1 Å². The van der Waals surface area contributed by atoms with Gasteiger partial charge in [0, 0.05) is 12.2 Å². The Kier molecular flexibility index (Phi) is 4.01. The lowest BCUT2D eigenvalue weighted by Gasteiger charge is -2.25. The third kappa shape index (κ3) is 3.01. The molecule has 0 saturated carbocycles. The molecule has 0 heterocycles. The van der Waals surface area contributed by atoms with Crippen molar-refractivity contribution < 1.29 is 0 Å². The fourth-order valence-corrected chi connectivity index (χ4v) is 2.52. The molecule has 1 N–H and O–H groups in total. The van der Waals surface area contributed by atoms with Crippen molar-refractivity contribution in [3.05, 3.63) is 28.8 Å². The maximum Gasteiger partial charge on any atom is 0.0345 e. The van der Waals surface area contributed by atoms with E-state index < -0.39 is 0 Å². The monoisotopic (exact) mass is 219 g/mol. The van der Waals surface area contributed by atoms with Crippen molar-refractivity contribution in [3.8, 4) is 0 Å². The van der Waals surface area contributed by atoms with Gasteiger partial charge in [-0.25, -0.2) is 0 Å². The Morgan fingerprint density at radius 2 is 1.56 bits per heavy atom. The van der Waals surface area contributed by atoms with Crippen LogP contribution in [0.3, 0.4) is 0 Å². The molecule has 0 saturated heterocycles. The van der Waals surface area contributed by atoms with Crippen molar-refractivity contribution in [3.63, 3.8) is 0 Å². The minimum Gasteiger partial charge on any atom is -0.385 e. The molecule has 0 spiro atoms. The molecule has 0 unspecified atom stereocenters. The van der Waals surface area contributed by atoms with Crippen molar-refractivity contribution in [2.45, 2.75) is 53.4 Å². The average Bonchev–Trinajstić information content (AvgIpc) is 2.11. The molecule has 0 bridgehead atoms. The van der Waals surface area contributed by atoms with Gasteiger partial charge in [-0.3, -0.25) is 0 Å². The summed E-state index contributed by atoms with van der Waals surface area (Å²) in [5, 5.41) is 3.45. The summed E-state index contributed by atoms with van der Waals surface area (Å²) in [5.41, 5.74) is 5.76. The van der Waals surface area contributed by atoms with Crippen LogP contribution in [0.25, 0.3) is 0 Å². The Bertz CT molecular complexity index is 335. The number of hydrogen-bond donors (Lipinski definition) is 1. The molecule has 0 aliphatic rings. The SMILES string of the molecule is CCCNc1cc(C)c(C(C)(C)C)c(C)c1. The van der Waals surface area contributed by atoms with E-state index in [1.54, 1.807) is 0 Å². The third-order valence-electron chi connectivity index (χ3n) is 2.86. The summed E-state index contributed by atoms with van der Waals surface area (Å²) in [6.07, 6.45) is 1.17. The predicted molar refractivity (Wildman–Crippen MR) is 73.4 cm³/mol. The Balaban J connectivity index is 3.08. The summed E-state index contributed by atoms with van der Waals surface area (Å²) in [4.78, 5) is 0. The Hall–Kier alpha value is -0.980. The van der Waals surface area contributed by atoms with Crippen molar-refractivity contribution >= 4 is 5.69 Å². The highest BCUT2D eigenvalue weighted by atomic mass is 14.9. The fraction of sp³-hybridized carbons (Fsp3) is 0.600. The highest BCUT2D eigenvalue weighted by Gasteiger charge is 2.18. The van der Waals surface area contributed by atoms with Crippen LogP contribution in [-0.4, -0.2) is 6.54 Å². The number of rotatable bonds is 3. The first kappa shape index (κ1) is 13.1. The van der Waals surface area contributed by atoms with Crippen LogP contribution < -0.4 is 5.32 Å². The van der Waals surface area contributed by atoms with Crippen LogP contribution >= 0.6 is 0 Å². The molecule has 90 valence electrons. The van der Waals surface area contributed by atoms with Gasteiger partial charge in [0.05, 0.1) is 0 Å². The molecule has 1 nitrogen and oxygen atoms in total. The maximum atomic E-state index is 3.45. The lowest BCUT2D eigenvalue weighted by atomic mass is 9.81. The number of hydrogen-bond acceptors (Lipinski definition) is 1. The van der Waals surface area contributed by atoms with Crippen LogP contribution in [0.2, 0.25) is 0 Å². The largest absolute Gasteiger partial charge is 0.385 e. The van der Waals surface area contributed by atoms with E-state index in [2.05, 4.69) is 59.0 Å². The molecule has 0 amide bonds. The standard InChI is InChI=1S/C15H25N/c1-7-8-16-13-9-11(2)14(12(3)10-13)15(4,5)6/h9-10,16H,7-8H2,1-6H3. The topological polar surface area (TPSA) is 12.0 Å². The number of anilines is 1. The van der Waals surface area contributed by atoms with Gasteiger partial charge in [-0.1, -0.05) is 27.7 Å². The minimum absolute atomic E-state index is 0.234. The first-order chi connectivity index (χ1) is 7.36. The smallest absolute Gasteiger partial charge is 0.0345 e. The van der Waals surface area contributed by atoms with Gasteiger partial charge in [-0.05, 0) is 54.5 Å². The molecular formula is C15H25N. The summed E-state index contributed by atoms with van der Waals surface area (Å²) in [7, 11) is 0. The molecule has 0 atom stereocenters. The first-order valence-corrected chi connectivity index (χ1v) is 6.22. The predicted octanol–water partition coefficient (Wildman–Crippen LogP) is 4.42. The molecular weight excluding hydrogens is 194 g/mol. The second kappa shape index (κ2) is 4.90. The van der Waals surface area contributed by atoms with Crippen molar-refractivity contribution in [2.24, 2.45) is 0 Å². The van der Waals surface area contributed by atoms with Gasteiger partial charge in [-0.15, -0.1) is 0 Å². The summed E-state index contributed by atoms with van der Waals surface area (Å²) >= 11 is 0. The van der Waals surface area contributed by atoms with E-state index in [4.69, 9.17) is 0 Å². The molecule has 1 rings (SSSR count). The van der Waals surface area contributed by atoms with Crippen LogP contribution in [0.1, 0.15) is 50.8 Å². The summed E-state index contributed by atoms with van der Waals surface area (Å²) in [5.74, 6) is 0. The molecule has 0 radical (unpaired) electrons. The Morgan fingerprint density at radius 3 is 1.94 bits per heavy atom. The molecule has 0 aliphatic carbocycles. The Morgan fingerprint density at radius 1 is 1.06 bits per heavy atom. The molecule has 0 aromatic heterocycles. The van der Waals surface area contributed by atoms with Crippen LogP contribution in [0.4, 0.5) is 5.69 Å². The van der Waals surface area contributed by atoms with E-state index in [9.17, 15) is 0 Å². The molecule has 1 heteroatoms. The highest BCUT2D eigenvalue weighted by molar-refractivity contribution is 5.53. The first-order valence-electron chi connectivity index (χ1n) is 6.22. The lowest BCUT2D eigenvalue weighted by molar-refractivity contribution is 0.582. The van der Waals surface area contributed by atoms with Gasteiger partial charge in [0.2, 0.25) is 0 Å². The molecule has 0 aliphatic heterocycles. The van der Waals surface area contributed by atoms with Gasteiger partial charge in [0.1, 0.15) is 0 Å². The van der Waals surface area contributed by atoms with E-state index in [0.717, 1.165) is 6.54 Å². The Labute approximate surface area is 100 Å². The van der Waals surface area contributed by atoms with Crippen molar-refractivity contribution in [2.75, 3.05) is 11.9 Å². The third-order valence-corrected chi connectivity index (χ3v) is 2.86. The minimum atomic E-state index is 0.234. The van der Waals surface area contributed by atoms with Crippen LogP contribution in [-0.2, 0) is 5.41 Å². The molecule has 16 heavy (non-hydrogen) atoms. The van der Waals surface area contributed by atoms with E-state index >= 15 is 0 Å². The summed E-state index contributed by atoms with van der Waals surface area (Å²) in [6, 6.07) is 4.53. The normalized spacial score (nSPS) is 11.6. The van der Waals surface area contributed by atoms with Crippen LogP contribution in [0, 0.1) is 13.8 Å². The van der Waals surface area contributed by atoms with Crippen molar-refractivity contribution in [1.82, 2.24) is 0 Å². The summed E-state index contributed by atoms with van der Waals surface area (Å²) in [6.45, 7) is 14.5. The maximum absolute atomic E-state index is 3.45. The molecule has 1 aromatic carbocycles. The highest BCUT2D eigenvalue weighted by Crippen LogP contribution is 2.31. The van der Waals surface area contributed by atoms with Crippen LogP contribution in [0.5, 0.6) is 0 Å². The fourth-order valence-electron chi connectivity index (χ4n) is 2.52. The van der Waals surface area contributed by atoms with Gasteiger partial charge >= 0.3 is 0 Å². The van der Waals surface area contributed by atoms with E-state index in [-0.39, 0.29) is 5.41 Å². The van der Waals surface area contributed by atoms with Gasteiger partial charge < -0.3 is 5.32 Å². The van der Waals surface area contributed by atoms with E-state index in [0.29, 0.717) is 0 Å². The van der Waals surface area contributed by atoms with Gasteiger partial charge in [0.15, 0.2) is 0 Å². The second-order valence-electron chi connectivity index (χ2n) is 5.66. The van der Waals surface area contributed by atoms with E-state index in [1.807, 2.05) is 0 Å². The van der Waals surface area contributed by atoms with Gasteiger partial charge in [0.25, 0.3) is 0 Å². The van der Waals surface area contributed by atoms with Gasteiger partial charge in [-0.2, -0.15) is 0 Å². The second-order valence-corrected chi connectivity index (χ2v) is 5.66. The summed E-state index contributed by atoms with van der Waals surface area (Å²) < 4.78 is 0. The number of benzene rings is 1. The quantitative estimate of drug-likeness (QED) is 0.793. The molecule has 1 aromatic rings. The van der Waals surface area contributed by atoms with Crippen molar-refractivity contribution in [1.29, 1.82) is 0 Å². The zero-order valence-corrected chi connectivity index (χ0v) is 11.6. The zero-order chi connectivity index (χ0) is 12.3. The molecule has 0 fully saturated rings. The zero-order valence-electron chi connectivity index (χ0n) is 11.6. The number of nitrogens with one attached hydrogen (secondary N) is 1. The van der Waals surface area contributed by atoms with E-state index in [1.165, 1.54) is 28.8 Å². The number of aryl methyl sites for hydroxylation is 2. The lowest BCUT2D eigenvalue weighted by Crippen LogP contribution is -2.15.